The van der Waals surface area contributed by atoms with Crippen LogP contribution in [-0.4, -0.2) is 4.98 Å². The quantitative estimate of drug-likeness (QED) is 0.725. The van der Waals surface area contributed by atoms with Crippen LogP contribution in [-0.2, 0) is 0 Å². The highest BCUT2D eigenvalue weighted by Gasteiger charge is 2.05. The summed E-state index contributed by atoms with van der Waals surface area (Å²) in [7, 11) is 0. The maximum Gasteiger partial charge on any atom is 0.0372 e. The molecule has 0 spiro atoms. The lowest BCUT2D eigenvalue weighted by Crippen LogP contribution is -2.10. The fraction of sp³-hybridized carbons (Fsp3) is 0.615. The van der Waals surface area contributed by atoms with E-state index >= 15 is 0 Å². The van der Waals surface area contributed by atoms with Gasteiger partial charge in [-0.25, -0.2) is 0 Å². The summed E-state index contributed by atoms with van der Waals surface area (Å²) < 4.78 is 0. The van der Waals surface area contributed by atoms with E-state index in [0.29, 0.717) is 0 Å². The molecule has 0 bridgehead atoms. The van der Waals surface area contributed by atoms with Crippen LogP contribution in [0.1, 0.15) is 56.3 Å². The maximum absolute atomic E-state index is 6.09. The molecule has 15 heavy (non-hydrogen) atoms. The maximum atomic E-state index is 6.09. The highest BCUT2D eigenvalue weighted by molar-refractivity contribution is 5.16. The second-order valence-electron chi connectivity index (χ2n) is 4.19. The molecule has 2 N–H and O–H groups in total. The molecule has 0 saturated carbocycles. The highest BCUT2D eigenvalue weighted by Crippen LogP contribution is 2.16. The smallest absolute Gasteiger partial charge is 0.0372 e. The van der Waals surface area contributed by atoms with Crippen LogP contribution < -0.4 is 5.73 Å². The van der Waals surface area contributed by atoms with Crippen LogP contribution in [0.2, 0.25) is 0 Å². The van der Waals surface area contributed by atoms with Gasteiger partial charge in [0, 0.05) is 17.9 Å². The van der Waals surface area contributed by atoms with Crippen LogP contribution >= 0.6 is 0 Å². The monoisotopic (exact) mass is 206 g/mol. The van der Waals surface area contributed by atoms with E-state index < -0.39 is 0 Å². The number of hydrogen-bond acceptors (Lipinski definition) is 2. The van der Waals surface area contributed by atoms with Crippen LogP contribution in [0, 0.1) is 6.92 Å². The zero-order chi connectivity index (χ0) is 11.1. The van der Waals surface area contributed by atoms with Gasteiger partial charge in [-0.15, -0.1) is 0 Å². The number of hydrogen-bond donors (Lipinski definition) is 1. The van der Waals surface area contributed by atoms with Crippen molar-refractivity contribution in [2.45, 2.75) is 52.0 Å². The van der Waals surface area contributed by atoms with Crippen molar-refractivity contribution in [1.82, 2.24) is 4.98 Å². The number of unbranched alkanes of at least 4 members (excludes halogenated alkanes) is 3. The van der Waals surface area contributed by atoms with E-state index in [0.717, 1.165) is 17.7 Å². The van der Waals surface area contributed by atoms with Gasteiger partial charge in [-0.05, 0) is 25.0 Å². The Kier molecular flexibility index (Phi) is 5.33. The van der Waals surface area contributed by atoms with E-state index in [1.807, 2.05) is 19.2 Å². The first-order valence-corrected chi connectivity index (χ1v) is 5.92. The molecule has 0 amide bonds. The van der Waals surface area contributed by atoms with Crippen molar-refractivity contribution in [3.8, 4) is 0 Å². The Labute approximate surface area is 92.9 Å². The largest absolute Gasteiger partial charge is 0.324 e. The van der Waals surface area contributed by atoms with Crippen molar-refractivity contribution >= 4 is 0 Å². The van der Waals surface area contributed by atoms with Crippen LogP contribution in [0.3, 0.4) is 0 Å². The van der Waals surface area contributed by atoms with E-state index in [9.17, 15) is 0 Å². The van der Waals surface area contributed by atoms with E-state index in [4.69, 9.17) is 5.73 Å². The van der Waals surface area contributed by atoms with Crippen LogP contribution in [0.5, 0.6) is 0 Å². The minimum absolute atomic E-state index is 0.162. The van der Waals surface area contributed by atoms with Gasteiger partial charge >= 0.3 is 0 Å². The highest BCUT2D eigenvalue weighted by atomic mass is 14.7. The topological polar surface area (TPSA) is 38.9 Å². The van der Waals surface area contributed by atoms with Crippen LogP contribution in [0.25, 0.3) is 0 Å². The Morgan fingerprint density at radius 1 is 1.27 bits per heavy atom. The minimum Gasteiger partial charge on any atom is -0.324 e. The Morgan fingerprint density at radius 3 is 2.67 bits per heavy atom. The zero-order valence-corrected chi connectivity index (χ0v) is 9.87. The molecule has 0 aromatic carbocycles. The lowest BCUT2D eigenvalue weighted by atomic mass is 10.0. The molecule has 1 atom stereocenters. The SMILES string of the molecule is CCCCCCC(N)c1ccc(C)nc1. The predicted molar refractivity (Wildman–Crippen MR) is 64.7 cm³/mol. The molecule has 0 aliphatic rings. The normalized spacial score (nSPS) is 12.7. The van der Waals surface area contributed by atoms with Gasteiger partial charge in [0.25, 0.3) is 0 Å². The van der Waals surface area contributed by atoms with Crippen molar-refractivity contribution in [3.63, 3.8) is 0 Å². The molecule has 84 valence electrons. The number of pyridine rings is 1. The fourth-order valence-corrected chi connectivity index (χ4v) is 1.66. The molecular weight excluding hydrogens is 184 g/mol. The molecule has 0 aliphatic carbocycles. The van der Waals surface area contributed by atoms with Crippen molar-refractivity contribution in [3.05, 3.63) is 29.6 Å². The van der Waals surface area contributed by atoms with Gasteiger partial charge < -0.3 is 5.73 Å². The average molecular weight is 206 g/mol. The molecule has 1 heterocycles. The molecule has 0 saturated heterocycles. The van der Waals surface area contributed by atoms with Gasteiger partial charge in [0.2, 0.25) is 0 Å². The summed E-state index contributed by atoms with van der Waals surface area (Å²) in [4.78, 5) is 4.26. The summed E-state index contributed by atoms with van der Waals surface area (Å²) in [5.74, 6) is 0. The van der Waals surface area contributed by atoms with E-state index in [1.54, 1.807) is 0 Å². The first-order valence-electron chi connectivity index (χ1n) is 5.92. The molecule has 1 rings (SSSR count). The van der Waals surface area contributed by atoms with Crippen molar-refractivity contribution in [2.75, 3.05) is 0 Å². The summed E-state index contributed by atoms with van der Waals surface area (Å²) in [6.45, 7) is 4.22. The number of nitrogens with two attached hydrogens (primary N) is 1. The van der Waals surface area contributed by atoms with Crippen LogP contribution in [0.15, 0.2) is 18.3 Å². The Morgan fingerprint density at radius 2 is 2.07 bits per heavy atom. The number of rotatable bonds is 6. The third-order valence-electron chi connectivity index (χ3n) is 2.73. The van der Waals surface area contributed by atoms with Crippen molar-refractivity contribution < 1.29 is 0 Å². The minimum atomic E-state index is 0.162. The molecule has 0 radical (unpaired) electrons. The second kappa shape index (κ2) is 6.57. The molecule has 0 fully saturated rings. The third-order valence-corrected chi connectivity index (χ3v) is 2.73. The molecule has 1 unspecified atom stereocenters. The Bertz CT molecular complexity index is 266. The standard InChI is InChI=1S/C13H22N2/c1-3-4-5-6-7-13(14)12-9-8-11(2)15-10-12/h8-10,13H,3-7,14H2,1-2H3. The molecule has 2 nitrogen and oxygen atoms in total. The van der Waals surface area contributed by atoms with Gasteiger partial charge in [0.05, 0.1) is 0 Å². The predicted octanol–water partition coefficient (Wildman–Crippen LogP) is 3.36. The average Bonchev–Trinajstić information content (AvgIpc) is 2.25. The molecular formula is C13H22N2. The van der Waals surface area contributed by atoms with Gasteiger partial charge in [0.1, 0.15) is 0 Å². The number of nitrogens with zero attached hydrogens (tertiary/aromatic N) is 1. The van der Waals surface area contributed by atoms with Gasteiger partial charge in [-0.2, -0.15) is 0 Å². The summed E-state index contributed by atoms with van der Waals surface area (Å²) in [6, 6.07) is 4.28. The van der Waals surface area contributed by atoms with Crippen LogP contribution in [0.4, 0.5) is 0 Å². The lowest BCUT2D eigenvalue weighted by Gasteiger charge is -2.11. The summed E-state index contributed by atoms with van der Waals surface area (Å²) in [5.41, 5.74) is 8.30. The molecule has 1 aromatic rings. The van der Waals surface area contributed by atoms with Crippen molar-refractivity contribution in [1.29, 1.82) is 0 Å². The first kappa shape index (κ1) is 12.2. The Hall–Kier alpha value is -0.890. The third kappa shape index (κ3) is 4.43. The molecule has 2 heteroatoms. The second-order valence-corrected chi connectivity index (χ2v) is 4.19. The van der Waals surface area contributed by atoms with E-state index in [-0.39, 0.29) is 6.04 Å². The van der Waals surface area contributed by atoms with E-state index in [2.05, 4.69) is 18.0 Å². The summed E-state index contributed by atoms with van der Waals surface area (Å²) >= 11 is 0. The lowest BCUT2D eigenvalue weighted by molar-refractivity contribution is 0.565. The number of aryl methyl sites for hydroxylation is 1. The number of aromatic nitrogens is 1. The zero-order valence-electron chi connectivity index (χ0n) is 9.87. The molecule has 0 aliphatic heterocycles. The fourth-order valence-electron chi connectivity index (χ4n) is 1.66. The first-order chi connectivity index (χ1) is 7.24. The summed E-state index contributed by atoms with van der Waals surface area (Å²) in [5, 5.41) is 0. The summed E-state index contributed by atoms with van der Waals surface area (Å²) in [6.07, 6.45) is 8.09. The van der Waals surface area contributed by atoms with Gasteiger partial charge in [-0.1, -0.05) is 38.7 Å². The molecule has 1 aromatic heterocycles. The van der Waals surface area contributed by atoms with Crippen molar-refractivity contribution in [2.24, 2.45) is 5.73 Å². The van der Waals surface area contributed by atoms with Gasteiger partial charge in [0.15, 0.2) is 0 Å². The van der Waals surface area contributed by atoms with E-state index in [1.165, 1.54) is 25.7 Å². The van der Waals surface area contributed by atoms with Gasteiger partial charge in [-0.3, -0.25) is 4.98 Å². The Balaban J connectivity index is 2.33.